The van der Waals surface area contributed by atoms with Crippen LogP contribution in [-0.4, -0.2) is 46.0 Å². The van der Waals surface area contributed by atoms with Crippen LogP contribution >= 0.6 is 0 Å². The van der Waals surface area contributed by atoms with E-state index >= 15 is 0 Å². The SMILES string of the molecule is CC1CC1C(=O)N1CCC(NC(=O)C2CCCc3cn[nH]c32)C1. The van der Waals surface area contributed by atoms with E-state index in [2.05, 4.69) is 22.4 Å². The summed E-state index contributed by atoms with van der Waals surface area (Å²) in [6, 6.07) is 0.0915. The average molecular weight is 316 g/mol. The molecule has 4 unspecified atom stereocenters. The average Bonchev–Trinajstić information content (AvgIpc) is 2.96. The number of aromatic amines is 1. The van der Waals surface area contributed by atoms with E-state index in [9.17, 15) is 9.59 Å². The zero-order chi connectivity index (χ0) is 16.0. The number of carbonyl (C=O) groups is 2. The Morgan fingerprint density at radius 3 is 3.00 bits per heavy atom. The van der Waals surface area contributed by atoms with Gasteiger partial charge in [0.25, 0.3) is 0 Å². The number of nitrogens with one attached hydrogen (secondary N) is 2. The van der Waals surface area contributed by atoms with Gasteiger partial charge in [-0.1, -0.05) is 6.92 Å². The first-order chi connectivity index (χ1) is 11.1. The second-order valence-electron chi connectivity index (χ2n) is 7.35. The Morgan fingerprint density at radius 1 is 1.39 bits per heavy atom. The highest BCUT2D eigenvalue weighted by molar-refractivity contribution is 5.85. The van der Waals surface area contributed by atoms with E-state index in [-0.39, 0.29) is 29.7 Å². The Labute approximate surface area is 136 Å². The molecular formula is C17H24N4O2. The van der Waals surface area contributed by atoms with Gasteiger partial charge in [-0.05, 0) is 43.6 Å². The minimum Gasteiger partial charge on any atom is -0.351 e. The molecule has 0 bridgehead atoms. The van der Waals surface area contributed by atoms with Crippen molar-refractivity contribution in [1.82, 2.24) is 20.4 Å². The molecule has 0 aromatic carbocycles. The highest BCUT2D eigenvalue weighted by atomic mass is 16.2. The minimum absolute atomic E-state index is 0.0780. The van der Waals surface area contributed by atoms with E-state index in [0.29, 0.717) is 12.5 Å². The third-order valence-electron chi connectivity index (χ3n) is 5.63. The van der Waals surface area contributed by atoms with Crippen LogP contribution in [0.4, 0.5) is 0 Å². The number of fused-ring (bicyclic) bond motifs is 1. The molecule has 1 aromatic heterocycles. The fraction of sp³-hybridized carbons (Fsp3) is 0.706. The molecule has 2 heterocycles. The molecule has 1 aromatic rings. The Balaban J connectivity index is 1.35. The van der Waals surface area contributed by atoms with Crippen LogP contribution < -0.4 is 5.32 Å². The summed E-state index contributed by atoms with van der Waals surface area (Å²) in [5, 5.41) is 10.2. The van der Waals surface area contributed by atoms with Gasteiger partial charge in [-0.15, -0.1) is 0 Å². The lowest BCUT2D eigenvalue weighted by molar-refractivity contribution is -0.132. The van der Waals surface area contributed by atoms with Gasteiger partial charge in [-0.3, -0.25) is 14.7 Å². The van der Waals surface area contributed by atoms with Crippen molar-refractivity contribution in [3.8, 4) is 0 Å². The number of aromatic nitrogens is 2. The van der Waals surface area contributed by atoms with Crippen LogP contribution in [-0.2, 0) is 16.0 Å². The lowest BCUT2D eigenvalue weighted by Gasteiger charge is -2.23. The highest BCUT2D eigenvalue weighted by Crippen LogP contribution is 2.39. The maximum Gasteiger partial charge on any atom is 0.229 e. The van der Waals surface area contributed by atoms with Crippen molar-refractivity contribution in [3.05, 3.63) is 17.5 Å². The van der Waals surface area contributed by atoms with Crippen molar-refractivity contribution < 1.29 is 9.59 Å². The summed E-state index contributed by atoms with van der Waals surface area (Å²) >= 11 is 0. The molecule has 2 fully saturated rings. The number of amides is 2. The van der Waals surface area contributed by atoms with Crippen LogP contribution in [0.1, 0.15) is 49.8 Å². The molecule has 0 radical (unpaired) electrons. The van der Waals surface area contributed by atoms with Gasteiger partial charge >= 0.3 is 0 Å². The van der Waals surface area contributed by atoms with E-state index in [1.54, 1.807) is 0 Å². The van der Waals surface area contributed by atoms with Gasteiger partial charge in [0.2, 0.25) is 11.8 Å². The van der Waals surface area contributed by atoms with Crippen LogP contribution in [0.15, 0.2) is 6.20 Å². The maximum absolute atomic E-state index is 12.6. The molecule has 3 aliphatic rings. The van der Waals surface area contributed by atoms with Crippen LogP contribution in [0, 0.1) is 11.8 Å². The molecule has 2 N–H and O–H groups in total. The van der Waals surface area contributed by atoms with Crippen molar-refractivity contribution in [2.24, 2.45) is 11.8 Å². The number of hydrogen-bond donors (Lipinski definition) is 2. The molecule has 6 nitrogen and oxygen atoms in total. The topological polar surface area (TPSA) is 78.1 Å². The predicted molar refractivity (Wildman–Crippen MR) is 84.7 cm³/mol. The predicted octanol–water partition coefficient (Wildman–Crippen LogP) is 1.20. The number of nitrogens with zero attached hydrogens (tertiary/aromatic N) is 2. The summed E-state index contributed by atoms with van der Waals surface area (Å²) in [5.74, 6) is 1.01. The number of hydrogen-bond acceptors (Lipinski definition) is 3. The molecule has 1 saturated carbocycles. The third-order valence-corrected chi connectivity index (χ3v) is 5.63. The van der Waals surface area contributed by atoms with Crippen molar-refractivity contribution in [2.45, 2.75) is 51.0 Å². The van der Waals surface area contributed by atoms with Gasteiger partial charge < -0.3 is 10.2 Å². The molecule has 1 aliphatic heterocycles. The largest absolute Gasteiger partial charge is 0.351 e. The Hall–Kier alpha value is -1.85. The number of rotatable bonds is 3. The molecule has 6 heteroatoms. The maximum atomic E-state index is 12.6. The minimum atomic E-state index is -0.116. The molecule has 23 heavy (non-hydrogen) atoms. The van der Waals surface area contributed by atoms with Crippen molar-refractivity contribution in [1.29, 1.82) is 0 Å². The van der Waals surface area contributed by atoms with Crippen molar-refractivity contribution >= 4 is 11.8 Å². The van der Waals surface area contributed by atoms with E-state index < -0.39 is 0 Å². The van der Waals surface area contributed by atoms with Crippen LogP contribution in [0.5, 0.6) is 0 Å². The fourth-order valence-corrected chi connectivity index (χ4v) is 4.01. The molecule has 4 rings (SSSR count). The van der Waals surface area contributed by atoms with Crippen LogP contribution in [0.2, 0.25) is 0 Å². The molecule has 124 valence electrons. The standard InChI is InChI=1S/C17H24N4O2/c1-10-7-14(10)17(23)21-6-5-12(9-21)19-16(22)13-4-2-3-11-8-18-20-15(11)13/h8,10,12-14H,2-7,9H2,1H3,(H,18,20)(H,19,22). The van der Waals surface area contributed by atoms with Crippen molar-refractivity contribution in [2.75, 3.05) is 13.1 Å². The molecule has 2 amide bonds. The van der Waals surface area contributed by atoms with Gasteiger partial charge in [-0.25, -0.2) is 0 Å². The van der Waals surface area contributed by atoms with Gasteiger partial charge in [0, 0.05) is 25.0 Å². The number of carbonyl (C=O) groups excluding carboxylic acids is 2. The quantitative estimate of drug-likeness (QED) is 0.879. The number of likely N-dealkylation sites (tertiary alicyclic amines) is 1. The lowest BCUT2D eigenvalue weighted by atomic mass is 9.87. The van der Waals surface area contributed by atoms with Crippen molar-refractivity contribution in [3.63, 3.8) is 0 Å². The molecule has 4 atom stereocenters. The van der Waals surface area contributed by atoms with Crippen LogP contribution in [0.3, 0.4) is 0 Å². The zero-order valence-corrected chi connectivity index (χ0v) is 13.5. The summed E-state index contributed by atoms with van der Waals surface area (Å²) < 4.78 is 0. The number of aryl methyl sites for hydroxylation is 1. The Kier molecular flexibility index (Phi) is 3.62. The summed E-state index contributed by atoms with van der Waals surface area (Å²) in [4.78, 5) is 26.8. The second-order valence-corrected chi connectivity index (χ2v) is 7.35. The Bertz CT molecular complexity index is 626. The Morgan fingerprint density at radius 2 is 2.22 bits per heavy atom. The summed E-state index contributed by atoms with van der Waals surface area (Å²) in [7, 11) is 0. The first-order valence-corrected chi connectivity index (χ1v) is 8.74. The van der Waals surface area contributed by atoms with Gasteiger partial charge in [0.1, 0.15) is 0 Å². The summed E-state index contributed by atoms with van der Waals surface area (Å²) in [5.41, 5.74) is 2.15. The summed E-state index contributed by atoms with van der Waals surface area (Å²) in [6.45, 7) is 3.56. The monoisotopic (exact) mass is 316 g/mol. The fourth-order valence-electron chi connectivity index (χ4n) is 4.01. The second kappa shape index (κ2) is 5.65. The summed E-state index contributed by atoms with van der Waals surface area (Å²) in [6.07, 6.45) is 6.62. The van der Waals surface area contributed by atoms with E-state index in [1.165, 1.54) is 5.56 Å². The van der Waals surface area contributed by atoms with Crippen LogP contribution in [0.25, 0.3) is 0 Å². The van der Waals surface area contributed by atoms with E-state index in [4.69, 9.17) is 0 Å². The van der Waals surface area contributed by atoms with E-state index in [1.807, 2.05) is 11.1 Å². The molecule has 0 spiro atoms. The van der Waals surface area contributed by atoms with Gasteiger partial charge in [0.15, 0.2) is 0 Å². The normalized spacial score (nSPS) is 32.5. The first kappa shape index (κ1) is 14.7. The molecule has 2 aliphatic carbocycles. The van der Waals surface area contributed by atoms with E-state index in [0.717, 1.165) is 44.3 Å². The molecule has 1 saturated heterocycles. The first-order valence-electron chi connectivity index (χ1n) is 8.74. The molecular weight excluding hydrogens is 292 g/mol. The third kappa shape index (κ3) is 2.75. The zero-order valence-electron chi connectivity index (χ0n) is 13.5. The smallest absolute Gasteiger partial charge is 0.229 e. The number of H-pyrrole nitrogens is 1. The lowest BCUT2D eigenvalue weighted by Crippen LogP contribution is -2.41. The van der Waals surface area contributed by atoms with Gasteiger partial charge in [0.05, 0.1) is 17.8 Å². The highest BCUT2D eigenvalue weighted by Gasteiger charge is 2.43. The van der Waals surface area contributed by atoms with Gasteiger partial charge in [-0.2, -0.15) is 5.10 Å².